The Kier molecular flexibility index (Phi) is 1.87. The zero-order chi connectivity index (χ0) is 7.68. The van der Waals surface area contributed by atoms with Gasteiger partial charge < -0.3 is 0 Å². The zero-order valence-electron chi connectivity index (χ0n) is 6.39. The van der Waals surface area contributed by atoms with Crippen LogP contribution in [0.1, 0.15) is 29.3 Å². The summed E-state index contributed by atoms with van der Waals surface area (Å²) < 4.78 is 0. The Labute approximate surface area is 72.2 Å². The number of halogens is 1. The van der Waals surface area contributed by atoms with Gasteiger partial charge in [0.15, 0.2) is 0 Å². The molecule has 0 fully saturated rings. The Morgan fingerprint density at radius 2 is 2.09 bits per heavy atom. The molecule has 0 aliphatic heterocycles. The first-order valence-electron chi connectivity index (χ1n) is 4.10. The summed E-state index contributed by atoms with van der Waals surface area (Å²) in [5.41, 5.74) is 2.79. The lowest BCUT2D eigenvalue weighted by atomic mass is 9.92. The van der Waals surface area contributed by atoms with Gasteiger partial charge in [0.25, 0.3) is 0 Å². The number of hydrogen-bond acceptors (Lipinski definition) is 0. The molecule has 0 N–H and O–H groups in total. The van der Waals surface area contributed by atoms with Crippen LogP contribution >= 0.6 is 11.6 Å². The lowest BCUT2D eigenvalue weighted by Gasteiger charge is -2.19. The van der Waals surface area contributed by atoms with E-state index in [0.29, 0.717) is 0 Å². The summed E-state index contributed by atoms with van der Waals surface area (Å²) in [6.45, 7) is 0. The predicted octanol–water partition coefficient (Wildman–Crippen LogP) is 3.30. The van der Waals surface area contributed by atoms with E-state index in [0.717, 1.165) is 6.42 Å². The van der Waals surface area contributed by atoms with Crippen LogP contribution in [0.4, 0.5) is 0 Å². The number of aryl methyl sites for hydroxylation is 1. The number of alkyl halides is 1. The molecule has 0 bridgehead atoms. The lowest BCUT2D eigenvalue weighted by molar-refractivity contribution is 0.667. The van der Waals surface area contributed by atoms with E-state index >= 15 is 0 Å². The molecule has 0 heterocycles. The first-order valence-corrected chi connectivity index (χ1v) is 4.53. The fraction of sp³-hybridized carbons (Fsp3) is 0.400. The first-order chi connectivity index (χ1) is 5.38. The highest BCUT2D eigenvalue weighted by Crippen LogP contribution is 2.33. The van der Waals surface area contributed by atoms with Crippen LogP contribution in [0.15, 0.2) is 24.3 Å². The van der Waals surface area contributed by atoms with Gasteiger partial charge in [-0.1, -0.05) is 24.3 Å². The van der Waals surface area contributed by atoms with E-state index in [1.54, 1.807) is 0 Å². The molecule has 11 heavy (non-hydrogen) atoms. The smallest absolute Gasteiger partial charge is 0.0588 e. The van der Waals surface area contributed by atoms with Crippen molar-refractivity contribution in [1.82, 2.24) is 0 Å². The number of fused-ring (bicyclic) bond motifs is 1. The van der Waals surface area contributed by atoms with Crippen LogP contribution < -0.4 is 0 Å². The summed E-state index contributed by atoms with van der Waals surface area (Å²) in [6.07, 6.45) is 3.59. The van der Waals surface area contributed by atoms with Crippen molar-refractivity contribution in [3.8, 4) is 0 Å². The highest BCUT2D eigenvalue weighted by molar-refractivity contribution is 6.21. The van der Waals surface area contributed by atoms with Gasteiger partial charge in [-0.15, -0.1) is 11.6 Å². The summed E-state index contributed by atoms with van der Waals surface area (Å²) in [7, 11) is 0. The average Bonchev–Trinajstić information content (AvgIpc) is 2.06. The molecule has 0 saturated carbocycles. The second kappa shape index (κ2) is 2.86. The molecule has 0 aromatic heterocycles. The molecule has 0 spiro atoms. The van der Waals surface area contributed by atoms with Gasteiger partial charge in [-0.25, -0.2) is 0 Å². The van der Waals surface area contributed by atoms with Crippen molar-refractivity contribution < 1.29 is 0 Å². The molecular weight excluding hydrogens is 156 g/mol. The molecule has 0 radical (unpaired) electrons. The van der Waals surface area contributed by atoms with E-state index in [1.165, 1.54) is 24.0 Å². The van der Waals surface area contributed by atoms with E-state index < -0.39 is 0 Å². The van der Waals surface area contributed by atoms with E-state index in [-0.39, 0.29) is 5.38 Å². The average molecular weight is 167 g/mol. The molecule has 0 saturated heterocycles. The van der Waals surface area contributed by atoms with Crippen LogP contribution in [-0.4, -0.2) is 0 Å². The Hall–Kier alpha value is -0.490. The van der Waals surface area contributed by atoms with Crippen molar-refractivity contribution in [3.63, 3.8) is 0 Å². The van der Waals surface area contributed by atoms with Crippen molar-refractivity contribution in [2.45, 2.75) is 24.6 Å². The number of benzene rings is 1. The van der Waals surface area contributed by atoms with Gasteiger partial charge in [-0.3, -0.25) is 0 Å². The molecule has 0 unspecified atom stereocenters. The molecule has 1 aromatic carbocycles. The van der Waals surface area contributed by atoms with Crippen LogP contribution in [0.2, 0.25) is 0 Å². The highest BCUT2D eigenvalue weighted by Gasteiger charge is 2.16. The van der Waals surface area contributed by atoms with Crippen molar-refractivity contribution in [3.05, 3.63) is 35.4 Å². The van der Waals surface area contributed by atoms with Crippen LogP contribution in [0.25, 0.3) is 0 Å². The molecule has 0 amide bonds. The Balaban J connectivity index is 2.44. The Morgan fingerprint density at radius 1 is 1.27 bits per heavy atom. The van der Waals surface area contributed by atoms with Gasteiger partial charge in [-0.05, 0) is 30.4 Å². The maximum Gasteiger partial charge on any atom is 0.0588 e. The summed E-state index contributed by atoms with van der Waals surface area (Å²) in [6, 6.07) is 8.49. The standard InChI is InChI=1S/C10H11Cl/c11-10-7-3-5-8-4-1-2-6-9(8)10/h1-2,4,6,10H,3,5,7H2/t10-/m1/s1. The molecule has 1 aromatic rings. The molecule has 1 aliphatic carbocycles. The van der Waals surface area contributed by atoms with E-state index in [1.807, 2.05) is 0 Å². The lowest BCUT2D eigenvalue weighted by Crippen LogP contribution is -2.04. The zero-order valence-corrected chi connectivity index (χ0v) is 7.14. The minimum atomic E-state index is 0.264. The van der Waals surface area contributed by atoms with E-state index in [2.05, 4.69) is 24.3 Å². The van der Waals surface area contributed by atoms with Crippen molar-refractivity contribution in [2.75, 3.05) is 0 Å². The van der Waals surface area contributed by atoms with Crippen molar-refractivity contribution >= 4 is 11.6 Å². The molecule has 1 aliphatic rings. The molecule has 0 nitrogen and oxygen atoms in total. The fourth-order valence-electron chi connectivity index (χ4n) is 1.69. The van der Waals surface area contributed by atoms with Gasteiger partial charge in [0.2, 0.25) is 0 Å². The van der Waals surface area contributed by atoms with Crippen molar-refractivity contribution in [2.24, 2.45) is 0 Å². The number of rotatable bonds is 0. The van der Waals surface area contributed by atoms with Crippen LogP contribution in [0.5, 0.6) is 0 Å². The normalized spacial score (nSPS) is 22.8. The monoisotopic (exact) mass is 166 g/mol. The summed E-state index contributed by atoms with van der Waals surface area (Å²) in [5.74, 6) is 0. The van der Waals surface area contributed by atoms with E-state index in [9.17, 15) is 0 Å². The summed E-state index contributed by atoms with van der Waals surface area (Å²) in [4.78, 5) is 0. The maximum atomic E-state index is 6.15. The fourth-order valence-corrected chi connectivity index (χ4v) is 2.06. The van der Waals surface area contributed by atoms with E-state index in [4.69, 9.17) is 11.6 Å². The maximum absolute atomic E-state index is 6.15. The predicted molar refractivity (Wildman–Crippen MR) is 48.0 cm³/mol. The molecule has 1 atom stereocenters. The summed E-state index contributed by atoms with van der Waals surface area (Å²) in [5, 5.41) is 0.264. The van der Waals surface area contributed by atoms with Crippen LogP contribution in [-0.2, 0) is 6.42 Å². The molecule has 58 valence electrons. The molecule has 1 heteroatoms. The minimum Gasteiger partial charge on any atom is -0.118 e. The largest absolute Gasteiger partial charge is 0.118 e. The third-order valence-corrected chi connectivity index (χ3v) is 2.75. The topological polar surface area (TPSA) is 0 Å². The van der Waals surface area contributed by atoms with Gasteiger partial charge in [0.05, 0.1) is 5.38 Å². The summed E-state index contributed by atoms with van der Waals surface area (Å²) >= 11 is 6.15. The Bertz CT molecular complexity index is 255. The third-order valence-electron chi connectivity index (χ3n) is 2.30. The van der Waals surface area contributed by atoms with Crippen LogP contribution in [0.3, 0.4) is 0 Å². The SMILES string of the molecule is Cl[C@@H]1CCCc2ccccc21. The quantitative estimate of drug-likeness (QED) is 0.519. The number of hydrogen-bond donors (Lipinski definition) is 0. The highest BCUT2D eigenvalue weighted by atomic mass is 35.5. The van der Waals surface area contributed by atoms with Gasteiger partial charge >= 0.3 is 0 Å². The third kappa shape index (κ3) is 1.28. The minimum absolute atomic E-state index is 0.264. The molecular formula is C10H11Cl. The first kappa shape index (κ1) is 7.17. The molecule has 2 rings (SSSR count). The van der Waals surface area contributed by atoms with Crippen molar-refractivity contribution in [1.29, 1.82) is 0 Å². The second-order valence-electron chi connectivity index (χ2n) is 3.06. The van der Waals surface area contributed by atoms with Gasteiger partial charge in [0, 0.05) is 0 Å². The van der Waals surface area contributed by atoms with Gasteiger partial charge in [0.1, 0.15) is 0 Å². The van der Waals surface area contributed by atoms with Crippen LogP contribution in [0, 0.1) is 0 Å². The Morgan fingerprint density at radius 3 is 2.91 bits per heavy atom. The second-order valence-corrected chi connectivity index (χ2v) is 3.59. The van der Waals surface area contributed by atoms with Gasteiger partial charge in [-0.2, -0.15) is 0 Å².